The summed E-state index contributed by atoms with van der Waals surface area (Å²) in [6.45, 7) is 4.15. The molecule has 2 rings (SSSR count). The number of sulfonamides is 1. The Kier molecular flexibility index (Phi) is 7.22. The zero-order chi connectivity index (χ0) is 19.2. The SMILES string of the molecule is CN=C(NCCS(=O)(=O)Nc1ccc(C)c(F)c1)N(C)CC1CCOC1. The summed E-state index contributed by atoms with van der Waals surface area (Å²) in [6, 6.07) is 4.26. The highest BCUT2D eigenvalue weighted by atomic mass is 32.2. The van der Waals surface area contributed by atoms with Crippen LogP contribution >= 0.6 is 0 Å². The van der Waals surface area contributed by atoms with Crippen molar-refractivity contribution in [1.29, 1.82) is 0 Å². The minimum atomic E-state index is -3.59. The first-order chi connectivity index (χ1) is 12.3. The van der Waals surface area contributed by atoms with Crippen molar-refractivity contribution in [3.05, 3.63) is 29.6 Å². The number of nitrogens with zero attached hydrogens (tertiary/aromatic N) is 2. The predicted molar refractivity (Wildman–Crippen MR) is 101 cm³/mol. The second-order valence-corrected chi connectivity index (χ2v) is 8.31. The molecule has 0 aromatic heterocycles. The third-order valence-electron chi connectivity index (χ3n) is 4.23. The van der Waals surface area contributed by atoms with Gasteiger partial charge >= 0.3 is 0 Å². The number of ether oxygens (including phenoxy) is 1. The molecule has 2 N–H and O–H groups in total. The molecule has 1 saturated heterocycles. The minimum Gasteiger partial charge on any atom is -0.381 e. The topological polar surface area (TPSA) is 83.0 Å². The van der Waals surface area contributed by atoms with E-state index in [4.69, 9.17) is 4.74 Å². The molecule has 0 radical (unpaired) electrons. The largest absolute Gasteiger partial charge is 0.381 e. The number of aliphatic imine (C=N–C) groups is 1. The molecule has 1 aromatic carbocycles. The van der Waals surface area contributed by atoms with Crippen LogP contribution in [-0.4, -0.2) is 65.4 Å². The van der Waals surface area contributed by atoms with E-state index in [0.717, 1.165) is 26.2 Å². The third-order valence-corrected chi connectivity index (χ3v) is 5.52. The molecular weight excluding hydrogens is 359 g/mol. The Labute approximate surface area is 154 Å². The van der Waals surface area contributed by atoms with Crippen LogP contribution in [0.2, 0.25) is 0 Å². The molecule has 1 atom stereocenters. The maximum Gasteiger partial charge on any atom is 0.234 e. The van der Waals surface area contributed by atoms with E-state index in [1.54, 1.807) is 20.0 Å². The van der Waals surface area contributed by atoms with E-state index < -0.39 is 15.8 Å². The predicted octanol–water partition coefficient (Wildman–Crippen LogP) is 1.42. The lowest BCUT2D eigenvalue weighted by atomic mass is 10.1. The molecule has 1 fully saturated rings. The summed E-state index contributed by atoms with van der Waals surface area (Å²) in [5, 5.41) is 3.05. The zero-order valence-electron chi connectivity index (χ0n) is 15.5. The Bertz CT molecular complexity index is 734. The second-order valence-electron chi connectivity index (χ2n) is 6.47. The number of halogens is 1. The first kappa shape index (κ1) is 20.4. The van der Waals surface area contributed by atoms with Gasteiger partial charge in [0, 0.05) is 39.7 Å². The summed E-state index contributed by atoms with van der Waals surface area (Å²) < 4.78 is 45.6. The Balaban J connectivity index is 1.82. The van der Waals surface area contributed by atoms with Gasteiger partial charge in [0.2, 0.25) is 10.0 Å². The van der Waals surface area contributed by atoms with E-state index in [-0.39, 0.29) is 18.0 Å². The number of guanidine groups is 1. The van der Waals surface area contributed by atoms with Crippen LogP contribution in [0.4, 0.5) is 10.1 Å². The first-order valence-electron chi connectivity index (χ1n) is 8.57. The van der Waals surface area contributed by atoms with Crippen molar-refractivity contribution in [2.45, 2.75) is 13.3 Å². The van der Waals surface area contributed by atoms with E-state index in [1.807, 2.05) is 11.9 Å². The Morgan fingerprint density at radius 1 is 1.46 bits per heavy atom. The van der Waals surface area contributed by atoms with E-state index >= 15 is 0 Å². The monoisotopic (exact) mass is 386 g/mol. The summed E-state index contributed by atoms with van der Waals surface area (Å²) in [5.41, 5.74) is 0.685. The number of anilines is 1. The molecule has 146 valence electrons. The van der Waals surface area contributed by atoms with Gasteiger partial charge in [0.25, 0.3) is 0 Å². The zero-order valence-corrected chi connectivity index (χ0v) is 16.3. The maximum atomic E-state index is 13.5. The molecule has 0 bridgehead atoms. The molecule has 0 aliphatic carbocycles. The Morgan fingerprint density at radius 2 is 2.23 bits per heavy atom. The summed E-state index contributed by atoms with van der Waals surface area (Å²) in [5.74, 6) is 0.497. The minimum absolute atomic E-state index is 0.151. The quantitative estimate of drug-likeness (QED) is 0.547. The van der Waals surface area contributed by atoms with E-state index in [1.165, 1.54) is 12.1 Å². The van der Waals surface area contributed by atoms with Gasteiger partial charge in [-0.25, -0.2) is 12.8 Å². The second kappa shape index (κ2) is 9.18. The van der Waals surface area contributed by atoms with Crippen LogP contribution in [0.3, 0.4) is 0 Å². The van der Waals surface area contributed by atoms with E-state index in [9.17, 15) is 12.8 Å². The molecule has 0 saturated carbocycles. The average molecular weight is 386 g/mol. The van der Waals surface area contributed by atoms with Crippen molar-refractivity contribution in [2.75, 3.05) is 50.9 Å². The van der Waals surface area contributed by atoms with Crippen LogP contribution in [0, 0.1) is 18.7 Å². The van der Waals surface area contributed by atoms with Gasteiger partial charge in [-0.1, -0.05) is 6.07 Å². The number of hydrogen-bond donors (Lipinski definition) is 2. The molecule has 1 aromatic rings. The molecular formula is C17H27FN4O3S. The van der Waals surface area contributed by atoms with Gasteiger partial charge < -0.3 is 15.0 Å². The van der Waals surface area contributed by atoms with Gasteiger partial charge in [0.05, 0.1) is 18.0 Å². The van der Waals surface area contributed by atoms with Crippen molar-refractivity contribution in [3.8, 4) is 0 Å². The average Bonchev–Trinajstić information content (AvgIpc) is 3.07. The number of rotatable bonds is 7. The molecule has 9 heteroatoms. The molecule has 1 unspecified atom stereocenters. The fourth-order valence-electron chi connectivity index (χ4n) is 2.77. The van der Waals surface area contributed by atoms with Gasteiger partial charge in [0.1, 0.15) is 5.82 Å². The van der Waals surface area contributed by atoms with Gasteiger partial charge in [-0.2, -0.15) is 0 Å². The smallest absolute Gasteiger partial charge is 0.234 e. The van der Waals surface area contributed by atoms with Crippen molar-refractivity contribution >= 4 is 21.7 Å². The van der Waals surface area contributed by atoms with E-state index in [0.29, 0.717) is 17.4 Å². The van der Waals surface area contributed by atoms with Crippen LogP contribution in [-0.2, 0) is 14.8 Å². The van der Waals surface area contributed by atoms with Crippen LogP contribution in [0.5, 0.6) is 0 Å². The summed E-state index contributed by atoms with van der Waals surface area (Å²) in [4.78, 5) is 6.15. The van der Waals surface area contributed by atoms with Gasteiger partial charge in [0.15, 0.2) is 5.96 Å². The van der Waals surface area contributed by atoms with Crippen LogP contribution in [0.15, 0.2) is 23.2 Å². The first-order valence-corrected chi connectivity index (χ1v) is 10.2. The molecule has 1 heterocycles. The number of hydrogen-bond acceptors (Lipinski definition) is 4. The fraction of sp³-hybridized carbons (Fsp3) is 0.588. The van der Waals surface area contributed by atoms with Crippen molar-refractivity contribution < 1.29 is 17.5 Å². The molecule has 7 nitrogen and oxygen atoms in total. The standard InChI is InChI=1S/C17H27FN4O3S/c1-13-4-5-15(10-16(13)18)21-26(23,24)9-7-20-17(19-2)22(3)11-14-6-8-25-12-14/h4-5,10,14,21H,6-9,11-12H2,1-3H3,(H,19,20). The maximum absolute atomic E-state index is 13.5. The van der Waals surface area contributed by atoms with Crippen molar-refractivity contribution in [1.82, 2.24) is 10.2 Å². The summed E-state index contributed by atoms with van der Waals surface area (Å²) in [7, 11) is -0.0182. The Morgan fingerprint density at radius 3 is 2.85 bits per heavy atom. The van der Waals surface area contributed by atoms with Crippen LogP contribution < -0.4 is 10.0 Å². The number of nitrogens with one attached hydrogen (secondary N) is 2. The van der Waals surface area contributed by atoms with Crippen molar-refractivity contribution in [3.63, 3.8) is 0 Å². The van der Waals surface area contributed by atoms with Gasteiger partial charge in [-0.05, 0) is 31.0 Å². The van der Waals surface area contributed by atoms with Crippen molar-refractivity contribution in [2.24, 2.45) is 10.9 Å². The molecule has 1 aliphatic heterocycles. The molecule has 0 amide bonds. The van der Waals surface area contributed by atoms with Crippen LogP contribution in [0.25, 0.3) is 0 Å². The van der Waals surface area contributed by atoms with Gasteiger partial charge in [-0.3, -0.25) is 9.71 Å². The highest BCUT2D eigenvalue weighted by Crippen LogP contribution is 2.15. The number of aryl methyl sites for hydroxylation is 1. The summed E-state index contributed by atoms with van der Waals surface area (Å²) >= 11 is 0. The highest BCUT2D eigenvalue weighted by Gasteiger charge is 2.19. The third kappa shape index (κ3) is 6.14. The fourth-order valence-corrected chi connectivity index (χ4v) is 3.73. The van der Waals surface area contributed by atoms with Crippen LogP contribution in [0.1, 0.15) is 12.0 Å². The van der Waals surface area contributed by atoms with Gasteiger partial charge in [-0.15, -0.1) is 0 Å². The lowest BCUT2D eigenvalue weighted by Gasteiger charge is -2.24. The molecule has 1 aliphatic rings. The highest BCUT2D eigenvalue weighted by molar-refractivity contribution is 7.92. The van der Waals surface area contributed by atoms with E-state index in [2.05, 4.69) is 15.0 Å². The lowest BCUT2D eigenvalue weighted by molar-refractivity contribution is 0.181. The normalized spacial score (nSPS) is 18.0. The Hall–Kier alpha value is -1.87. The molecule has 26 heavy (non-hydrogen) atoms. The summed E-state index contributed by atoms with van der Waals surface area (Å²) in [6.07, 6.45) is 1.02. The number of benzene rings is 1. The lowest BCUT2D eigenvalue weighted by Crippen LogP contribution is -2.43. The molecule has 0 spiro atoms.